The lowest BCUT2D eigenvalue weighted by Crippen LogP contribution is -1.95. The van der Waals surface area contributed by atoms with Crippen molar-refractivity contribution in [2.75, 3.05) is 0 Å². The van der Waals surface area contributed by atoms with E-state index in [4.69, 9.17) is 9.47 Å². The third kappa shape index (κ3) is 9.14. The SMILES string of the molecule is Cc1cc(OCc2ccccc2)ccc1N=Nc1ccc(N=Nc2ccc(N=Nc3ccc(OCc4ccccc4)cc3C)cc2)cc1. The van der Waals surface area contributed by atoms with Crippen LogP contribution < -0.4 is 9.47 Å². The zero-order valence-corrected chi connectivity index (χ0v) is 26.8. The van der Waals surface area contributed by atoms with Crippen molar-refractivity contribution >= 4 is 34.1 Å². The van der Waals surface area contributed by atoms with Crippen molar-refractivity contribution in [1.29, 1.82) is 0 Å². The highest BCUT2D eigenvalue weighted by molar-refractivity contribution is 5.53. The summed E-state index contributed by atoms with van der Waals surface area (Å²) in [6, 6.07) is 46.6. The van der Waals surface area contributed by atoms with Crippen LogP contribution in [-0.2, 0) is 13.2 Å². The van der Waals surface area contributed by atoms with Crippen molar-refractivity contribution in [3.8, 4) is 11.5 Å². The highest BCUT2D eigenvalue weighted by atomic mass is 16.5. The molecule has 0 bridgehead atoms. The third-order valence-electron chi connectivity index (χ3n) is 7.36. The lowest BCUT2D eigenvalue weighted by molar-refractivity contribution is 0.306. The Hall–Kier alpha value is -6.28. The monoisotopic (exact) mass is 630 g/mol. The lowest BCUT2D eigenvalue weighted by Gasteiger charge is -2.08. The van der Waals surface area contributed by atoms with Gasteiger partial charge in [0.2, 0.25) is 0 Å². The molecule has 6 rings (SSSR count). The summed E-state index contributed by atoms with van der Waals surface area (Å²) in [5.74, 6) is 1.59. The molecule has 0 unspecified atom stereocenters. The molecule has 6 aromatic rings. The molecule has 0 atom stereocenters. The van der Waals surface area contributed by atoms with Gasteiger partial charge in [-0.2, -0.15) is 30.7 Å². The summed E-state index contributed by atoms with van der Waals surface area (Å²) in [4.78, 5) is 0. The Morgan fingerprint density at radius 1 is 0.375 bits per heavy atom. The van der Waals surface area contributed by atoms with Crippen LogP contribution in [0.3, 0.4) is 0 Å². The van der Waals surface area contributed by atoms with E-state index in [0.29, 0.717) is 24.6 Å². The van der Waals surface area contributed by atoms with Gasteiger partial charge in [-0.05, 0) is 121 Å². The quantitative estimate of drug-likeness (QED) is 0.126. The molecule has 0 spiro atoms. The van der Waals surface area contributed by atoms with E-state index in [0.717, 1.165) is 56.5 Å². The van der Waals surface area contributed by atoms with Crippen LogP contribution in [0.25, 0.3) is 0 Å². The van der Waals surface area contributed by atoms with Gasteiger partial charge in [-0.3, -0.25) is 0 Å². The van der Waals surface area contributed by atoms with Crippen LogP contribution in [-0.4, -0.2) is 0 Å². The molecular weight excluding hydrogens is 596 g/mol. The second-order valence-electron chi connectivity index (χ2n) is 11.1. The molecule has 0 heterocycles. The van der Waals surface area contributed by atoms with E-state index in [2.05, 4.69) is 30.7 Å². The number of hydrogen-bond acceptors (Lipinski definition) is 8. The van der Waals surface area contributed by atoms with E-state index >= 15 is 0 Å². The Morgan fingerprint density at radius 2 is 0.708 bits per heavy atom. The second kappa shape index (κ2) is 15.8. The van der Waals surface area contributed by atoms with Gasteiger partial charge in [0.1, 0.15) is 24.7 Å². The van der Waals surface area contributed by atoms with Gasteiger partial charge >= 0.3 is 0 Å². The van der Waals surface area contributed by atoms with Gasteiger partial charge in [0.05, 0.1) is 34.1 Å². The van der Waals surface area contributed by atoms with Crippen molar-refractivity contribution < 1.29 is 9.47 Å². The highest BCUT2D eigenvalue weighted by Crippen LogP contribution is 2.29. The minimum Gasteiger partial charge on any atom is -0.489 e. The number of azo groups is 3. The first-order chi connectivity index (χ1) is 23.6. The van der Waals surface area contributed by atoms with Gasteiger partial charge in [0, 0.05) is 0 Å². The summed E-state index contributed by atoms with van der Waals surface area (Å²) in [7, 11) is 0. The molecule has 0 amide bonds. The van der Waals surface area contributed by atoms with Crippen molar-refractivity contribution in [2.24, 2.45) is 30.7 Å². The van der Waals surface area contributed by atoms with E-state index < -0.39 is 0 Å². The molecular formula is C40H34N6O2. The predicted molar refractivity (Wildman–Crippen MR) is 189 cm³/mol. The molecule has 6 aromatic carbocycles. The third-order valence-corrected chi connectivity index (χ3v) is 7.36. The highest BCUT2D eigenvalue weighted by Gasteiger charge is 2.03. The van der Waals surface area contributed by atoms with Crippen LogP contribution in [0.2, 0.25) is 0 Å². The molecule has 0 N–H and O–H groups in total. The summed E-state index contributed by atoms with van der Waals surface area (Å²) in [6.07, 6.45) is 0. The fourth-order valence-corrected chi connectivity index (χ4v) is 4.65. The van der Waals surface area contributed by atoms with Crippen LogP contribution in [0.4, 0.5) is 34.1 Å². The van der Waals surface area contributed by atoms with Crippen molar-refractivity contribution in [1.82, 2.24) is 0 Å². The van der Waals surface area contributed by atoms with Crippen molar-refractivity contribution in [3.63, 3.8) is 0 Å². The Bertz CT molecular complexity index is 1880. The van der Waals surface area contributed by atoms with Gasteiger partial charge in [-0.25, -0.2) is 0 Å². The molecule has 0 aliphatic heterocycles. The van der Waals surface area contributed by atoms with Gasteiger partial charge in [0.25, 0.3) is 0 Å². The number of aryl methyl sites for hydroxylation is 2. The van der Waals surface area contributed by atoms with E-state index in [-0.39, 0.29) is 0 Å². The second-order valence-corrected chi connectivity index (χ2v) is 11.1. The fraction of sp³-hybridized carbons (Fsp3) is 0.100. The molecule has 236 valence electrons. The maximum atomic E-state index is 5.91. The number of rotatable bonds is 12. The summed E-state index contributed by atoms with van der Waals surface area (Å²) >= 11 is 0. The largest absolute Gasteiger partial charge is 0.489 e. The van der Waals surface area contributed by atoms with E-state index in [1.165, 1.54) is 0 Å². The van der Waals surface area contributed by atoms with Gasteiger partial charge in [0.15, 0.2) is 0 Å². The molecule has 0 saturated heterocycles. The Labute approximate surface area is 280 Å². The van der Waals surface area contributed by atoms with Crippen LogP contribution in [0, 0.1) is 13.8 Å². The number of nitrogens with zero attached hydrogens (tertiary/aromatic N) is 6. The molecule has 0 radical (unpaired) electrons. The summed E-state index contributed by atoms with van der Waals surface area (Å²) < 4.78 is 11.8. The molecule has 48 heavy (non-hydrogen) atoms. The molecule has 0 aliphatic carbocycles. The van der Waals surface area contributed by atoms with Crippen LogP contribution >= 0.6 is 0 Å². The van der Waals surface area contributed by atoms with E-state index in [9.17, 15) is 0 Å². The Kier molecular flexibility index (Phi) is 10.4. The maximum Gasteiger partial charge on any atom is 0.120 e. The number of benzene rings is 6. The fourth-order valence-electron chi connectivity index (χ4n) is 4.65. The first-order valence-electron chi connectivity index (χ1n) is 15.6. The van der Waals surface area contributed by atoms with Gasteiger partial charge in [-0.1, -0.05) is 60.7 Å². The summed E-state index contributed by atoms with van der Waals surface area (Å²) in [5, 5.41) is 26.3. The maximum absolute atomic E-state index is 5.91. The molecule has 0 aromatic heterocycles. The molecule has 8 nitrogen and oxygen atoms in total. The predicted octanol–water partition coefficient (Wildman–Crippen LogP) is 12.7. The zero-order valence-electron chi connectivity index (χ0n) is 26.8. The van der Waals surface area contributed by atoms with Gasteiger partial charge < -0.3 is 9.47 Å². The molecule has 0 aliphatic rings. The lowest BCUT2D eigenvalue weighted by atomic mass is 10.2. The Morgan fingerprint density at radius 3 is 1.04 bits per heavy atom. The normalized spacial score (nSPS) is 11.5. The van der Waals surface area contributed by atoms with Crippen LogP contribution in [0.1, 0.15) is 22.3 Å². The first kappa shape index (κ1) is 31.7. The van der Waals surface area contributed by atoms with Crippen molar-refractivity contribution in [3.05, 3.63) is 168 Å². The summed E-state index contributed by atoms with van der Waals surface area (Å²) in [6.45, 7) is 5.02. The number of hydrogen-bond donors (Lipinski definition) is 0. The standard InChI is InChI=1S/C40H34N6O2/c1-29-25-37(47-27-31-9-5-3-6-10-31)21-23-39(29)45-43-35-17-13-33(14-18-35)41-42-34-15-19-36(20-16-34)44-46-40-24-22-38(26-30(40)2)48-28-32-11-7-4-8-12-32/h3-26H,27-28H2,1-2H3. The minimum atomic E-state index is 0.519. The number of ether oxygens (including phenoxy) is 2. The van der Waals surface area contributed by atoms with Crippen LogP contribution in [0.15, 0.2) is 176 Å². The smallest absolute Gasteiger partial charge is 0.120 e. The summed E-state index contributed by atoms with van der Waals surface area (Å²) in [5.41, 5.74) is 8.63. The average molecular weight is 631 g/mol. The molecule has 0 fully saturated rings. The first-order valence-corrected chi connectivity index (χ1v) is 15.6. The van der Waals surface area contributed by atoms with Crippen LogP contribution in [0.5, 0.6) is 11.5 Å². The zero-order chi connectivity index (χ0) is 33.0. The van der Waals surface area contributed by atoms with Gasteiger partial charge in [-0.15, -0.1) is 0 Å². The molecule has 0 saturated carbocycles. The molecule has 8 heteroatoms. The minimum absolute atomic E-state index is 0.519. The average Bonchev–Trinajstić information content (AvgIpc) is 3.13. The van der Waals surface area contributed by atoms with E-state index in [1.54, 1.807) is 0 Å². The van der Waals surface area contributed by atoms with Crippen molar-refractivity contribution in [2.45, 2.75) is 27.1 Å². The Balaban J connectivity index is 0.992. The van der Waals surface area contributed by atoms with E-state index in [1.807, 2.05) is 159 Å². The topological polar surface area (TPSA) is 92.6 Å².